The number of hydrogen-bond acceptors (Lipinski definition) is 6. The second-order valence-corrected chi connectivity index (χ2v) is 22.3. The van der Waals surface area contributed by atoms with Gasteiger partial charge in [-0.05, 0) is 103 Å². The van der Waals surface area contributed by atoms with Crippen molar-refractivity contribution < 1.29 is 28.6 Å². The van der Waals surface area contributed by atoms with E-state index in [4.69, 9.17) is 14.2 Å². The smallest absolute Gasteiger partial charge is 0.306 e. The number of allylic oxidation sites excluding steroid dienone is 18. The molecule has 0 fully saturated rings. The van der Waals surface area contributed by atoms with E-state index in [9.17, 15) is 14.4 Å². The minimum absolute atomic E-state index is 0.0779. The Kier molecular flexibility index (Phi) is 64.3. The summed E-state index contributed by atoms with van der Waals surface area (Å²) >= 11 is 0. The molecule has 0 aromatic heterocycles. The molecule has 6 nitrogen and oxygen atoms in total. The zero-order valence-corrected chi connectivity index (χ0v) is 52.6. The van der Waals surface area contributed by atoms with Gasteiger partial charge in [-0.15, -0.1) is 0 Å². The molecule has 0 N–H and O–H groups in total. The molecule has 1 unspecified atom stereocenters. The molecule has 0 amide bonds. The third kappa shape index (κ3) is 64.9. The van der Waals surface area contributed by atoms with Crippen LogP contribution in [0, 0.1) is 0 Å². The molecular formula is C74H126O6. The predicted molar refractivity (Wildman–Crippen MR) is 348 cm³/mol. The van der Waals surface area contributed by atoms with Crippen LogP contribution < -0.4 is 0 Å². The van der Waals surface area contributed by atoms with E-state index in [0.717, 1.165) is 122 Å². The van der Waals surface area contributed by atoms with Gasteiger partial charge in [-0.2, -0.15) is 0 Å². The second-order valence-electron chi connectivity index (χ2n) is 22.3. The summed E-state index contributed by atoms with van der Waals surface area (Å²) in [6.07, 6.45) is 92.6. The average Bonchev–Trinajstić information content (AvgIpc) is 3.46. The Hall–Kier alpha value is -3.93. The van der Waals surface area contributed by atoms with Crippen molar-refractivity contribution in [2.45, 2.75) is 329 Å². The first-order valence-electron chi connectivity index (χ1n) is 33.9. The molecule has 0 aliphatic rings. The van der Waals surface area contributed by atoms with Crippen molar-refractivity contribution >= 4 is 17.9 Å². The van der Waals surface area contributed by atoms with Crippen LogP contribution in [0.3, 0.4) is 0 Å². The Morgan fingerprint density at radius 1 is 0.263 bits per heavy atom. The summed E-state index contributed by atoms with van der Waals surface area (Å²) in [5.74, 6) is -0.878. The van der Waals surface area contributed by atoms with Gasteiger partial charge in [0.05, 0.1) is 0 Å². The maximum Gasteiger partial charge on any atom is 0.306 e. The third-order valence-corrected chi connectivity index (χ3v) is 14.5. The number of ether oxygens (including phenoxy) is 3. The van der Waals surface area contributed by atoms with E-state index >= 15 is 0 Å². The van der Waals surface area contributed by atoms with Crippen molar-refractivity contribution in [1.82, 2.24) is 0 Å². The summed E-state index contributed by atoms with van der Waals surface area (Å²) in [5.41, 5.74) is 0. The normalized spacial score (nSPS) is 12.8. The number of esters is 3. The molecule has 0 aliphatic carbocycles. The Balaban J connectivity index is 4.11. The monoisotopic (exact) mass is 1110 g/mol. The maximum absolute atomic E-state index is 12.9. The van der Waals surface area contributed by atoms with Gasteiger partial charge in [-0.25, -0.2) is 0 Å². The van der Waals surface area contributed by atoms with Crippen molar-refractivity contribution in [3.05, 3.63) is 109 Å². The van der Waals surface area contributed by atoms with Crippen LogP contribution in [0.2, 0.25) is 0 Å². The van der Waals surface area contributed by atoms with Gasteiger partial charge in [0.25, 0.3) is 0 Å². The van der Waals surface area contributed by atoms with Gasteiger partial charge in [0.15, 0.2) is 6.10 Å². The molecule has 0 saturated heterocycles. The topological polar surface area (TPSA) is 78.9 Å². The fraction of sp³-hybridized carbons (Fsp3) is 0.716. The lowest BCUT2D eigenvalue weighted by Crippen LogP contribution is -2.30. The van der Waals surface area contributed by atoms with E-state index < -0.39 is 6.10 Å². The molecule has 1 atom stereocenters. The van der Waals surface area contributed by atoms with E-state index in [1.165, 1.54) is 161 Å². The van der Waals surface area contributed by atoms with Crippen LogP contribution in [0.15, 0.2) is 109 Å². The van der Waals surface area contributed by atoms with Crippen LogP contribution in [-0.2, 0) is 28.6 Å². The Morgan fingerprint density at radius 3 is 0.762 bits per heavy atom. The van der Waals surface area contributed by atoms with Gasteiger partial charge in [-0.3, -0.25) is 14.4 Å². The summed E-state index contributed by atoms with van der Waals surface area (Å²) in [4.78, 5) is 38.2. The second kappa shape index (κ2) is 67.6. The highest BCUT2D eigenvalue weighted by Crippen LogP contribution is 2.17. The molecule has 0 radical (unpaired) electrons. The Morgan fingerprint density at radius 2 is 0.487 bits per heavy atom. The van der Waals surface area contributed by atoms with Crippen LogP contribution in [0.5, 0.6) is 0 Å². The molecule has 80 heavy (non-hydrogen) atoms. The molecule has 0 aliphatic heterocycles. The molecule has 0 heterocycles. The van der Waals surface area contributed by atoms with Gasteiger partial charge < -0.3 is 14.2 Å². The van der Waals surface area contributed by atoms with Gasteiger partial charge in [0.1, 0.15) is 13.2 Å². The minimum atomic E-state index is -0.781. The zero-order chi connectivity index (χ0) is 57.8. The SMILES string of the molecule is CC/C=C\C/C=C\C/C=C\C/C=C\C/C=C\C/C=C\CCCCCCCCCCCCCCCCCCC(=O)OCC(COC(=O)CCCCCCCCCCCC)OC(=O)CCCCCCCCC/C=C\C/C=C\C/C=C\CC. The van der Waals surface area contributed by atoms with E-state index in [1.54, 1.807) is 0 Å². The molecule has 0 saturated carbocycles. The fourth-order valence-corrected chi connectivity index (χ4v) is 9.52. The van der Waals surface area contributed by atoms with E-state index in [1.807, 2.05) is 0 Å². The van der Waals surface area contributed by atoms with E-state index in [2.05, 4.69) is 130 Å². The van der Waals surface area contributed by atoms with Gasteiger partial charge in [-0.1, -0.05) is 310 Å². The first-order chi connectivity index (χ1) is 39.5. The Labute approximate surface area is 495 Å². The Bertz CT molecular complexity index is 1610. The van der Waals surface area contributed by atoms with Crippen LogP contribution in [0.4, 0.5) is 0 Å². The number of carbonyl (C=O) groups excluding carboxylic acids is 3. The maximum atomic E-state index is 12.9. The van der Waals surface area contributed by atoms with Gasteiger partial charge in [0, 0.05) is 19.3 Å². The van der Waals surface area contributed by atoms with E-state index in [-0.39, 0.29) is 31.1 Å². The summed E-state index contributed by atoms with van der Waals surface area (Å²) in [6, 6.07) is 0. The number of rotatable bonds is 61. The van der Waals surface area contributed by atoms with Crippen molar-refractivity contribution in [2.24, 2.45) is 0 Å². The number of carbonyl (C=O) groups is 3. The minimum Gasteiger partial charge on any atom is -0.462 e. The summed E-state index contributed by atoms with van der Waals surface area (Å²) < 4.78 is 16.9. The quantitative estimate of drug-likeness (QED) is 0.0261. The molecule has 0 rings (SSSR count). The highest BCUT2D eigenvalue weighted by Gasteiger charge is 2.19. The third-order valence-electron chi connectivity index (χ3n) is 14.5. The summed E-state index contributed by atoms with van der Waals surface area (Å²) in [6.45, 7) is 6.42. The van der Waals surface area contributed by atoms with Crippen molar-refractivity contribution in [3.63, 3.8) is 0 Å². The molecule has 0 aromatic rings. The van der Waals surface area contributed by atoms with Crippen molar-refractivity contribution in [1.29, 1.82) is 0 Å². The highest BCUT2D eigenvalue weighted by atomic mass is 16.6. The van der Waals surface area contributed by atoms with Crippen LogP contribution in [0.25, 0.3) is 0 Å². The number of unbranched alkanes of at least 4 members (excludes halogenated alkanes) is 32. The summed E-state index contributed by atoms with van der Waals surface area (Å²) in [7, 11) is 0. The molecular weight excluding hydrogens is 985 g/mol. The highest BCUT2D eigenvalue weighted by molar-refractivity contribution is 5.71. The molecule has 0 bridgehead atoms. The fourth-order valence-electron chi connectivity index (χ4n) is 9.52. The first kappa shape index (κ1) is 76.1. The van der Waals surface area contributed by atoms with E-state index in [0.29, 0.717) is 19.3 Å². The lowest BCUT2D eigenvalue weighted by atomic mass is 10.0. The predicted octanol–water partition coefficient (Wildman–Crippen LogP) is 23.4. The first-order valence-corrected chi connectivity index (χ1v) is 33.9. The van der Waals surface area contributed by atoms with Crippen LogP contribution >= 0.6 is 0 Å². The molecule has 0 aromatic carbocycles. The lowest BCUT2D eigenvalue weighted by molar-refractivity contribution is -0.167. The largest absolute Gasteiger partial charge is 0.462 e. The number of hydrogen-bond donors (Lipinski definition) is 0. The average molecular weight is 1110 g/mol. The standard InChI is InChI=1S/C74H126O6/c1-4-7-10-13-16-19-22-24-26-28-29-30-31-32-33-34-35-36-37-38-39-40-41-42-43-44-45-47-48-50-52-55-58-61-64-67-73(76)79-70-71(69-78-72(75)66-63-60-57-54-21-18-15-12-9-6-3)80-74(77)68-65-62-59-56-53-51-49-46-27-25-23-20-17-14-11-8-5-2/h7-8,10-11,16-17,19-20,24-27,29-30,32-33,35-36,71H,4-6,9,12-15,18,21-23,28,31,34,37-70H2,1-3H3/b10-7-,11-8-,19-16-,20-17-,26-24-,27-25-,30-29-,33-32-,36-35-. The molecule has 458 valence electrons. The van der Waals surface area contributed by atoms with Crippen molar-refractivity contribution in [2.75, 3.05) is 13.2 Å². The van der Waals surface area contributed by atoms with Crippen LogP contribution in [0.1, 0.15) is 323 Å². The summed E-state index contributed by atoms with van der Waals surface area (Å²) in [5, 5.41) is 0. The van der Waals surface area contributed by atoms with Crippen molar-refractivity contribution in [3.8, 4) is 0 Å². The molecule has 6 heteroatoms. The van der Waals surface area contributed by atoms with Crippen LogP contribution in [-0.4, -0.2) is 37.2 Å². The zero-order valence-electron chi connectivity index (χ0n) is 52.6. The van der Waals surface area contributed by atoms with Gasteiger partial charge in [0.2, 0.25) is 0 Å². The lowest BCUT2D eigenvalue weighted by Gasteiger charge is -2.18. The molecule has 0 spiro atoms. The van der Waals surface area contributed by atoms with Gasteiger partial charge >= 0.3 is 17.9 Å².